The number of anilines is 1. The Hall–Kier alpha value is -3.25. The Labute approximate surface area is 247 Å². The summed E-state index contributed by atoms with van der Waals surface area (Å²) in [5, 5.41) is 3.61. The molecular weight excluding hydrogens is 582 g/mol. The quantitative estimate of drug-likeness (QED) is 0.277. The van der Waals surface area contributed by atoms with E-state index in [-0.39, 0.29) is 34.2 Å². The molecule has 40 heavy (non-hydrogen) atoms. The monoisotopic (exact) mass is 608 g/mol. The van der Waals surface area contributed by atoms with Crippen molar-refractivity contribution in [3.63, 3.8) is 0 Å². The van der Waals surface area contributed by atoms with Crippen molar-refractivity contribution in [2.45, 2.75) is 65.0 Å². The zero-order chi connectivity index (χ0) is 29.8. The summed E-state index contributed by atoms with van der Waals surface area (Å²) in [6.07, 6.45) is 8.27. The van der Waals surface area contributed by atoms with Crippen LogP contribution < -0.4 is 15.0 Å². The Bertz CT molecular complexity index is 1390. The summed E-state index contributed by atoms with van der Waals surface area (Å²) < 4.78 is 25.1. The molecule has 7 nitrogen and oxygen atoms in total. The predicted octanol–water partition coefficient (Wildman–Crippen LogP) is 7.71. The van der Waals surface area contributed by atoms with Gasteiger partial charge in [0.1, 0.15) is 11.6 Å². The molecule has 4 rings (SSSR count). The molecule has 0 atom stereocenters. The number of hydrogen-bond acceptors (Lipinski definition) is 5. The molecule has 2 aromatic carbocycles. The second-order valence-electron chi connectivity index (χ2n) is 9.98. The number of cyclic esters (lactones) is 1. The fourth-order valence-electron chi connectivity index (χ4n) is 3.93. The van der Waals surface area contributed by atoms with Gasteiger partial charge < -0.3 is 14.8 Å². The molecule has 2 aromatic rings. The minimum absolute atomic E-state index is 0.00962. The number of benzene rings is 2. The van der Waals surface area contributed by atoms with Gasteiger partial charge in [0.05, 0.1) is 22.4 Å². The highest BCUT2D eigenvalue weighted by Crippen LogP contribution is 2.37. The molecule has 2 aliphatic rings. The lowest BCUT2D eigenvalue weighted by Gasteiger charge is -2.19. The van der Waals surface area contributed by atoms with Gasteiger partial charge in [-0.2, -0.15) is 0 Å². The number of carbonyl (C=O) groups excluding carboxylic acids is 3. The van der Waals surface area contributed by atoms with Crippen LogP contribution in [0.1, 0.15) is 63.7 Å². The third-order valence-corrected chi connectivity index (χ3v) is 6.70. The molecule has 212 valence electrons. The van der Waals surface area contributed by atoms with Gasteiger partial charge in [-0.15, -0.1) is 6.42 Å². The lowest BCUT2D eigenvalue weighted by atomic mass is 10.1. The molecule has 1 N–H and O–H groups in total. The Morgan fingerprint density at radius 3 is 2.23 bits per heavy atom. The van der Waals surface area contributed by atoms with E-state index in [1.807, 2.05) is 0 Å². The number of hydrogen-bond donors (Lipinski definition) is 1. The van der Waals surface area contributed by atoms with Crippen LogP contribution in [0.5, 0.6) is 5.75 Å². The van der Waals surface area contributed by atoms with Crippen LogP contribution in [-0.4, -0.2) is 29.6 Å². The SMILES string of the molecule is C#CC(C)(C)NC(=O)c1cc(Cl)cc(Cl)c1.CC(C)=C1OC(=O)N(c2cc(OC3CCCC3)c(Cl)cc2F)C1=O. The van der Waals surface area contributed by atoms with E-state index >= 15 is 0 Å². The van der Waals surface area contributed by atoms with E-state index in [1.165, 1.54) is 18.2 Å². The van der Waals surface area contributed by atoms with E-state index in [2.05, 4.69) is 11.2 Å². The van der Waals surface area contributed by atoms with Gasteiger partial charge in [-0.1, -0.05) is 40.7 Å². The molecule has 0 radical (unpaired) electrons. The van der Waals surface area contributed by atoms with Gasteiger partial charge in [-0.05, 0) is 83.2 Å². The van der Waals surface area contributed by atoms with E-state index in [9.17, 15) is 18.8 Å². The number of allylic oxidation sites excluding steroid dienone is 1. The van der Waals surface area contributed by atoms with Crippen molar-refractivity contribution in [2.75, 3.05) is 4.90 Å². The number of rotatable bonds is 5. The van der Waals surface area contributed by atoms with Gasteiger partial charge in [0.2, 0.25) is 0 Å². The third-order valence-electron chi connectivity index (χ3n) is 5.97. The third kappa shape index (κ3) is 7.69. The van der Waals surface area contributed by atoms with E-state index in [4.69, 9.17) is 50.7 Å². The maximum Gasteiger partial charge on any atom is 0.427 e. The van der Waals surface area contributed by atoms with Crippen LogP contribution in [0.2, 0.25) is 15.1 Å². The molecule has 1 saturated heterocycles. The molecule has 1 saturated carbocycles. The van der Waals surface area contributed by atoms with Gasteiger partial charge in [0.15, 0.2) is 5.76 Å². The predicted molar refractivity (Wildman–Crippen MR) is 153 cm³/mol. The molecule has 0 aromatic heterocycles. The fourth-order valence-corrected chi connectivity index (χ4v) is 4.65. The first-order valence-corrected chi connectivity index (χ1v) is 13.5. The van der Waals surface area contributed by atoms with Gasteiger partial charge >= 0.3 is 12.0 Å². The number of imide groups is 1. The number of nitrogens with one attached hydrogen (secondary N) is 1. The fraction of sp³-hybridized carbons (Fsp3) is 0.345. The molecule has 1 aliphatic heterocycles. The summed E-state index contributed by atoms with van der Waals surface area (Å²) in [7, 11) is 0. The zero-order valence-electron chi connectivity index (χ0n) is 22.4. The summed E-state index contributed by atoms with van der Waals surface area (Å²) in [4.78, 5) is 36.8. The molecule has 2 fully saturated rings. The van der Waals surface area contributed by atoms with Crippen LogP contribution in [-0.2, 0) is 9.53 Å². The van der Waals surface area contributed by atoms with Crippen LogP contribution >= 0.6 is 34.8 Å². The van der Waals surface area contributed by atoms with E-state index in [0.29, 0.717) is 26.1 Å². The standard InChI is InChI=1S/C17H17ClFNO4.C12H11Cl2NO/c1-9(2)15-16(21)20(17(22)24-15)13-8-14(11(18)7-12(13)19)23-10-5-3-4-6-10;1-4-12(2,3)15-11(16)8-5-9(13)7-10(14)6-8/h7-8,10H,3-6H2,1-2H3;1,5-7H,2-3H3,(H,15,16). The van der Waals surface area contributed by atoms with Crippen LogP contribution in [0.4, 0.5) is 14.9 Å². The minimum Gasteiger partial charge on any atom is -0.489 e. The van der Waals surface area contributed by atoms with E-state index < -0.39 is 23.4 Å². The van der Waals surface area contributed by atoms with Crippen molar-refractivity contribution in [1.82, 2.24) is 5.32 Å². The maximum atomic E-state index is 14.3. The van der Waals surface area contributed by atoms with E-state index in [0.717, 1.165) is 31.7 Å². The smallest absolute Gasteiger partial charge is 0.427 e. The van der Waals surface area contributed by atoms with Gasteiger partial charge in [0, 0.05) is 21.7 Å². The highest BCUT2D eigenvalue weighted by atomic mass is 35.5. The highest BCUT2D eigenvalue weighted by Gasteiger charge is 2.40. The van der Waals surface area contributed by atoms with Crippen molar-refractivity contribution >= 4 is 58.4 Å². The van der Waals surface area contributed by atoms with Crippen LogP contribution in [0.25, 0.3) is 0 Å². The first kappa shape index (κ1) is 31.3. The van der Waals surface area contributed by atoms with Gasteiger partial charge in [-0.3, -0.25) is 9.59 Å². The molecule has 0 spiro atoms. The minimum atomic E-state index is -0.941. The number of terminal acetylenes is 1. The summed E-state index contributed by atoms with van der Waals surface area (Å²) in [6.45, 7) is 6.74. The van der Waals surface area contributed by atoms with Crippen LogP contribution in [0, 0.1) is 18.2 Å². The molecule has 1 aliphatic carbocycles. The van der Waals surface area contributed by atoms with Gasteiger partial charge in [-0.25, -0.2) is 14.1 Å². The summed E-state index contributed by atoms with van der Waals surface area (Å²) in [6, 6.07) is 6.96. The van der Waals surface area contributed by atoms with E-state index in [1.54, 1.807) is 33.8 Å². The van der Waals surface area contributed by atoms with Crippen molar-refractivity contribution in [3.8, 4) is 18.1 Å². The van der Waals surface area contributed by atoms with Crippen molar-refractivity contribution < 1.29 is 28.2 Å². The number of halogens is 4. The number of ether oxygens (including phenoxy) is 2. The summed E-state index contributed by atoms with van der Waals surface area (Å²) in [5.41, 5.74) is -0.00146. The van der Waals surface area contributed by atoms with Crippen molar-refractivity contribution in [1.29, 1.82) is 0 Å². The van der Waals surface area contributed by atoms with Crippen molar-refractivity contribution in [2.24, 2.45) is 0 Å². The first-order valence-electron chi connectivity index (χ1n) is 12.4. The highest BCUT2D eigenvalue weighted by molar-refractivity contribution is 6.35. The lowest BCUT2D eigenvalue weighted by Crippen LogP contribution is -2.42. The zero-order valence-corrected chi connectivity index (χ0v) is 24.6. The maximum absolute atomic E-state index is 14.3. The second kappa shape index (κ2) is 12.9. The molecule has 0 bridgehead atoms. The lowest BCUT2D eigenvalue weighted by molar-refractivity contribution is -0.114. The summed E-state index contributed by atoms with van der Waals surface area (Å²) >= 11 is 17.6. The van der Waals surface area contributed by atoms with Crippen LogP contribution in [0.3, 0.4) is 0 Å². The Morgan fingerprint density at radius 2 is 1.70 bits per heavy atom. The molecule has 0 unspecified atom stereocenters. The number of carbonyl (C=O) groups is 3. The van der Waals surface area contributed by atoms with Crippen molar-refractivity contribution in [3.05, 3.63) is 68.1 Å². The molecule has 3 amide bonds. The average molecular weight is 610 g/mol. The second-order valence-corrected chi connectivity index (χ2v) is 11.3. The molecule has 11 heteroatoms. The molecular formula is C29H28Cl3FN2O5. The Balaban J connectivity index is 0.000000241. The summed E-state index contributed by atoms with van der Waals surface area (Å²) in [5.74, 6) is 0.847. The van der Waals surface area contributed by atoms with Gasteiger partial charge in [0.25, 0.3) is 5.91 Å². The average Bonchev–Trinajstić information content (AvgIpc) is 3.48. The number of amides is 3. The van der Waals surface area contributed by atoms with Crippen LogP contribution in [0.15, 0.2) is 41.7 Å². The topological polar surface area (TPSA) is 84.9 Å². The Kier molecular flexibility index (Phi) is 10.1. The Morgan fingerprint density at radius 1 is 1.10 bits per heavy atom. The number of nitrogens with zero attached hydrogens (tertiary/aromatic N) is 1. The molecule has 1 heterocycles. The largest absolute Gasteiger partial charge is 0.489 e. The normalized spacial score (nSPS) is 15.3. The first-order chi connectivity index (χ1) is 18.7.